The molecule has 1 heterocycles. The molecule has 1 fully saturated rings. The summed E-state index contributed by atoms with van der Waals surface area (Å²) in [5.41, 5.74) is 0.554. The number of rotatable bonds is 0. The van der Waals surface area contributed by atoms with Crippen molar-refractivity contribution >= 4 is 0 Å². The third-order valence-electron chi connectivity index (χ3n) is 2.67. The van der Waals surface area contributed by atoms with Crippen molar-refractivity contribution in [2.24, 2.45) is 0 Å². The van der Waals surface area contributed by atoms with Crippen LogP contribution in [0.2, 0.25) is 0 Å². The zero-order valence-electron chi connectivity index (χ0n) is 9.94. The van der Waals surface area contributed by atoms with E-state index in [1.165, 1.54) is 0 Å². The Morgan fingerprint density at radius 3 is 2.23 bits per heavy atom. The summed E-state index contributed by atoms with van der Waals surface area (Å²) < 4.78 is 0. The molecule has 2 nitrogen and oxygen atoms in total. The summed E-state index contributed by atoms with van der Waals surface area (Å²) in [4.78, 5) is 2.56. The molecule has 1 unspecified atom stereocenters. The highest BCUT2D eigenvalue weighted by molar-refractivity contribution is 4.94. The van der Waals surface area contributed by atoms with Gasteiger partial charge in [-0.05, 0) is 41.5 Å². The van der Waals surface area contributed by atoms with Crippen molar-refractivity contribution in [3.05, 3.63) is 0 Å². The topological polar surface area (TPSA) is 15.3 Å². The van der Waals surface area contributed by atoms with Crippen LogP contribution in [0.3, 0.4) is 0 Å². The molecular formula is C11H24N2. The van der Waals surface area contributed by atoms with E-state index in [2.05, 4.69) is 51.8 Å². The van der Waals surface area contributed by atoms with E-state index in [-0.39, 0.29) is 5.54 Å². The number of hydrogen-bond donors (Lipinski definition) is 1. The maximum atomic E-state index is 3.62. The van der Waals surface area contributed by atoms with Crippen LogP contribution in [-0.2, 0) is 0 Å². The summed E-state index contributed by atoms with van der Waals surface area (Å²) in [6.45, 7) is 16.0. The summed E-state index contributed by atoms with van der Waals surface area (Å²) in [5, 5.41) is 3.62. The molecule has 1 rings (SSSR count). The van der Waals surface area contributed by atoms with Gasteiger partial charge in [-0.25, -0.2) is 0 Å². The first kappa shape index (κ1) is 11.0. The van der Waals surface area contributed by atoms with Crippen LogP contribution in [0.1, 0.15) is 41.5 Å². The summed E-state index contributed by atoms with van der Waals surface area (Å²) >= 11 is 0. The first-order chi connectivity index (χ1) is 5.71. The van der Waals surface area contributed by atoms with E-state index in [4.69, 9.17) is 0 Å². The van der Waals surface area contributed by atoms with E-state index in [0.29, 0.717) is 11.6 Å². The molecule has 1 aliphatic rings. The standard InChI is InChI=1S/C11H24N2/c1-9-7-13(10(2,3)4)8-11(5,6)12-9/h9,12H,7-8H2,1-6H3. The fourth-order valence-corrected chi connectivity index (χ4v) is 2.14. The van der Waals surface area contributed by atoms with Crippen molar-refractivity contribution in [1.29, 1.82) is 0 Å². The van der Waals surface area contributed by atoms with Crippen LogP contribution in [0.4, 0.5) is 0 Å². The minimum atomic E-state index is 0.255. The quantitative estimate of drug-likeness (QED) is 0.618. The minimum absolute atomic E-state index is 0.255. The Hall–Kier alpha value is -0.0800. The van der Waals surface area contributed by atoms with Crippen molar-refractivity contribution in [2.45, 2.75) is 58.7 Å². The van der Waals surface area contributed by atoms with Gasteiger partial charge in [0.2, 0.25) is 0 Å². The van der Waals surface area contributed by atoms with Crippen LogP contribution >= 0.6 is 0 Å². The Bertz CT molecular complexity index is 179. The van der Waals surface area contributed by atoms with Crippen LogP contribution in [0, 0.1) is 0 Å². The van der Waals surface area contributed by atoms with E-state index >= 15 is 0 Å². The highest BCUT2D eigenvalue weighted by atomic mass is 15.3. The Labute approximate surface area is 82.7 Å². The van der Waals surface area contributed by atoms with E-state index in [0.717, 1.165) is 13.1 Å². The first-order valence-corrected chi connectivity index (χ1v) is 5.23. The minimum Gasteiger partial charge on any atom is -0.307 e. The maximum Gasteiger partial charge on any atom is 0.0255 e. The van der Waals surface area contributed by atoms with Crippen LogP contribution in [-0.4, -0.2) is 35.1 Å². The van der Waals surface area contributed by atoms with Gasteiger partial charge in [-0.2, -0.15) is 0 Å². The second-order valence-electron chi connectivity index (χ2n) is 5.98. The van der Waals surface area contributed by atoms with E-state index < -0.39 is 0 Å². The summed E-state index contributed by atoms with van der Waals surface area (Å²) in [6.07, 6.45) is 0. The lowest BCUT2D eigenvalue weighted by atomic mass is 9.94. The van der Waals surface area contributed by atoms with Crippen molar-refractivity contribution in [1.82, 2.24) is 10.2 Å². The van der Waals surface area contributed by atoms with Gasteiger partial charge in [0, 0.05) is 30.2 Å². The van der Waals surface area contributed by atoms with E-state index in [1.54, 1.807) is 0 Å². The molecular weight excluding hydrogens is 160 g/mol. The highest BCUT2D eigenvalue weighted by Gasteiger charge is 2.34. The Balaban J connectivity index is 2.69. The third-order valence-corrected chi connectivity index (χ3v) is 2.67. The first-order valence-electron chi connectivity index (χ1n) is 5.23. The maximum absolute atomic E-state index is 3.62. The molecule has 1 N–H and O–H groups in total. The van der Waals surface area contributed by atoms with Gasteiger partial charge in [-0.1, -0.05) is 0 Å². The second kappa shape index (κ2) is 3.25. The number of nitrogens with zero attached hydrogens (tertiary/aromatic N) is 1. The predicted molar refractivity (Wildman–Crippen MR) is 58.0 cm³/mol. The van der Waals surface area contributed by atoms with E-state index in [1.807, 2.05) is 0 Å². The van der Waals surface area contributed by atoms with Gasteiger partial charge in [0.15, 0.2) is 0 Å². The predicted octanol–water partition coefficient (Wildman–Crippen LogP) is 1.86. The summed E-state index contributed by atoms with van der Waals surface area (Å²) in [6, 6.07) is 0.600. The number of piperazine rings is 1. The fraction of sp³-hybridized carbons (Fsp3) is 1.00. The lowest BCUT2D eigenvalue weighted by Crippen LogP contribution is -2.64. The van der Waals surface area contributed by atoms with Gasteiger partial charge in [0.05, 0.1) is 0 Å². The normalized spacial score (nSPS) is 30.5. The molecule has 2 heteroatoms. The lowest BCUT2D eigenvalue weighted by Gasteiger charge is -2.48. The number of hydrogen-bond acceptors (Lipinski definition) is 2. The van der Waals surface area contributed by atoms with Gasteiger partial charge in [-0.15, -0.1) is 0 Å². The van der Waals surface area contributed by atoms with Gasteiger partial charge >= 0.3 is 0 Å². The van der Waals surface area contributed by atoms with Crippen molar-refractivity contribution in [3.63, 3.8) is 0 Å². The summed E-state index contributed by atoms with van der Waals surface area (Å²) in [7, 11) is 0. The fourth-order valence-electron chi connectivity index (χ4n) is 2.14. The molecule has 0 aliphatic carbocycles. The molecule has 1 atom stereocenters. The molecule has 0 aromatic rings. The van der Waals surface area contributed by atoms with Gasteiger partial charge in [-0.3, -0.25) is 4.90 Å². The zero-order chi connectivity index (χ0) is 10.3. The monoisotopic (exact) mass is 184 g/mol. The van der Waals surface area contributed by atoms with Crippen LogP contribution < -0.4 is 5.32 Å². The molecule has 1 saturated heterocycles. The van der Waals surface area contributed by atoms with Gasteiger partial charge in [0.25, 0.3) is 0 Å². The average Bonchev–Trinajstić information content (AvgIpc) is 1.79. The smallest absolute Gasteiger partial charge is 0.0255 e. The zero-order valence-corrected chi connectivity index (χ0v) is 9.94. The molecule has 1 aliphatic heterocycles. The largest absolute Gasteiger partial charge is 0.307 e. The molecule has 0 bridgehead atoms. The molecule has 0 aromatic carbocycles. The molecule has 78 valence electrons. The molecule has 0 radical (unpaired) electrons. The average molecular weight is 184 g/mol. The Morgan fingerprint density at radius 1 is 1.31 bits per heavy atom. The Morgan fingerprint density at radius 2 is 1.85 bits per heavy atom. The molecule has 0 aromatic heterocycles. The van der Waals surface area contributed by atoms with Crippen molar-refractivity contribution in [3.8, 4) is 0 Å². The van der Waals surface area contributed by atoms with Gasteiger partial charge < -0.3 is 5.32 Å². The lowest BCUT2D eigenvalue weighted by molar-refractivity contribution is 0.0481. The molecule has 0 spiro atoms. The number of nitrogens with one attached hydrogen (secondary N) is 1. The molecule has 0 saturated carbocycles. The second-order valence-corrected chi connectivity index (χ2v) is 5.98. The third kappa shape index (κ3) is 2.96. The van der Waals surface area contributed by atoms with Crippen LogP contribution in [0.25, 0.3) is 0 Å². The van der Waals surface area contributed by atoms with Crippen LogP contribution in [0.15, 0.2) is 0 Å². The SMILES string of the molecule is CC1CN(C(C)(C)C)CC(C)(C)N1. The summed E-state index contributed by atoms with van der Waals surface area (Å²) in [5.74, 6) is 0. The molecule has 0 amide bonds. The van der Waals surface area contributed by atoms with Crippen molar-refractivity contribution < 1.29 is 0 Å². The van der Waals surface area contributed by atoms with E-state index in [9.17, 15) is 0 Å². The molecule has 13 heavy (non-hydrogen) atoms. The van der Waals surface area contributed by atoms with Crippen molar-refractivity contribution in [2.75, 3.05) is 13.1 Å². The van der Waals surface area contributed by atoms with Gasteiger partial charge in [0.1, 0.15) is 0 Å². The Kier molecular flexibility index (Phi) is 2.75. The van der Waals surface area contributed by atoms with Crippen LogP contribution in [0.5, 0.6) is 0 Å². The highest BCUT2D eigenvalue weighted by Crippen LogP contribution is 2.21.